The Morgan fingerprint density at radius 3 is 2.43 bits per heavy atom. The van der Waals surface area contributed by atoms with Crippen molar-refractivity contribution < 1.29 is 37.7 Å². The largest absolute Gasteiger partial charge is 0.496 e. The van der Waals surface area contributed by atoms with Crippen LogP contribution in [-0.4, -0.2) is 36.0 Å². The Bertz CT molecular complexity index is 501. The number of carbonyl (C=O) groups is 1. The zero-order chi connectivity index (χ0) is 16.2. The van der Waals surface area contributed by atoms with Crippen molar-refractivity contribution in [3.05, 3.63) is 29.3 Å². The van der Waals surface area contributed by atoms with E-state index in [1.807, 2.05) is 0 Å². The first-order chi connectivity index (χ1) is 9.72. The summed E-state index contributed by atoms with van der Waals surface area (Å²) < 4.78 is 47.4. The van der Waals surface area contributed by atoms with Crippen LogP contribution in [-0.2, 0) is 15.7 Å². The minimum absolute atomic E-state index is 0.0393. The number of hydrogen-bond donors (Lipinski definition) is 2. The molecule has 2 unspecified atom stereocenters. The predicted molar refractivity (Wildman–Crippen MR) is 65.6 cm³/mol. The van der Waals surface area contributed by atoms with E-state index in [2.05, 4.69) is 4.74 Å². The summed E-state index contributed by atoms with van der Waals surface area (Å²) in [5.41, 5.74) is -1.39. The predicted octanol–water partition coefficient (Wildman–Crippen LogP) is 1.67. The van der Waals surface area contributed by atoms with Crippen LogP contribution < -0.4 is 4.74 Å². The molecule has 1 aromatic rings. The summed E-state index contributed by atoms with van der Waals surface area (Å²) in [5.74, 6) is -1.22. The SMILES string of the molecule is CCOC(=O)C(O)C(O)c1cc(C(F)(F)F)ccc1OC. The van der Waals surface area contributed by atoms with E-state index >= 15 is 0 Å². The van der Waals surface area contributed by atoms with Gasteiger partial charge in [0.25, 0.3) is 0 Å². The van der Waals surface area contributed by atoms with E-state index in [4.69, 9.17) is 4.74 Å². The number of esters is 1. The molecule has 21 heavy (non-hydrogen) atoms. The highest BCUT2D eigenvalue weighted by atomic mass is 19.4. The summed E-state index contributed by atoms with van der Waals surface area (Å²) >= 11 is 0. The number of alkyl halides is 3. The molecule has 2 atom stereocenters. The Balaban J connectivity index is 3.17. The molecule has 0 fully saturated rings. The summed E-state index contributed by atoms with van der Waals surface area (Å²) in [6, 6.07) is 2.39. The summed E-state index contributed by atoms with van der Waals surface area (Å²) in [6.45, 7) is 1.45. The van der Waals surface area contributed by atoms with Gasteiger partial charge in [0.1, 0.15) is 11.9 Å². The third-order valence-electron chi connectivity index (χ3n) is 2.70. The van der Waals surface area contributed by atoms with Crippen molar-refractivity contribution in [1.29, 1.82) is 0 Å². The number of aliphatic hydroxyl groups is 2. The Labute approximate surface area is 118 Å². The molecule has 0 radical (unpaired) electrons. The third-order valence-corrected chi connectivity index (χ3v) is 2.70. The molecule has 0 amide bonds. The molecule has 0 heterocycles. The summed E-state index contributed by atoms with van der Waals surface area (Å²) in [4.78, 5) is 11.3. The maximum atomic E-state index is 12.7. The monoisotopic (exact) mass is 308 g/mol. The number of carbonyl (C=O) groups excluding carboxylic acids is 1. The van der Waals surface area contributed by atoms with Crippen molar-refractivity contribution in [3.8, 4) is 5.75 Å². The molecule has 0 aliphatic carbocycles. The first-order valence-corrected chi connectivity index (χ1v) is 6.00. The van der Waals surface area contributed by atoms with Gasteiger partial charge in [-0.05, 0) is 25.1 Å². The Morgan fingerprint density at radius 2 is 1.95 bits per heavy atom. The third kappa shape index (κ3) is 4.08. The van der Waals surface area contributed by atoms with E-state index in [9.17, 15) is 28.2 Å². The second kappa shape index (κ2) is 6.77. The molecule has 2 N–H and O–H groups in total. The van der Waals surface area contributed by atoms with Crippen molar-refractivity contribution in [2.45, 2.75) is 25.3 Å². The van der Waals surface area contributed by atoms with Gasteiger partial charge in [0.2, 0.25) is 0 Å². The molecular formula is C13H15F3O5. The van der Waals surface area contributed by atoms with Gasteiger partial charge >= 0.3 is 12.1 Å². The van der Waals surface area contributed by atoms with E-state index in [0.29, 0.717) is 6.07 Å². The fraction of sp³-hybridized carbons (Fsp3) is 0.462. The van der Waals surface area contributed by atoms with Crippen LogP contribution in [0, 0.1) is 0 Å². The molecule has 0 aliphatic heterocycles. The summed E-state index contributed by atoms with van der Waals surface area (Å²) in [7, 11) is 1.19. The molecule has 0 spiro atoms. The maximum absolute atomic E-state index is 12.7. The Morgan fingerprint density at radius 1 is 1.33 bits per heavy atom. The van der Waals surface area contributed by atoms with E-state index in [-0.39, 0.29) is 17.9 Å². The van der Waals surface area contributed by atoms with Crippen molar-refractivity contribution >= 4 is 5.97 Å². The second-order valence-corrected chi connectivity index (χ2v) is 4.10. The molecule has 118 valence electrons. The van der Waals surface area contributed by atoms with E-state index < -0.39 is 29.9 Å². The van der Waals surface area contributed by atoms with Gasteiger partial charge in [-0.2, -0.15) is 13.2 Å². The van der Waals surface area contributed by atoms with Crippen LogP contribution >= 0.6 is 0 Å². The van der Waals surface area contributed by atoms with Crippen molar-refractivity contribution in [2.75, 3.05) is 13.7 Å². The zero-order valence-electron chi connectivity index (χ0n) is 11.3. The minimum atomic E-state index is -4.63. The van der Waals surface area contributed by atoms with E-state index in [1.54, 1.807) is 0 Å². The highest BCUT2D eigenvalue weighted by Crippen LogP contribution is 2.35. The van der Waals surface area contributed by atoms with Gasteiger partial charge in [0.05, 0.1) is 19.3 Å². The zero-order valence-corrected chi connectivity index (χ0v) is 11.3. The fourth-order valence-electron chi connectivity index (χ4n) is 1.67. The molecule has 1 aromatic carbocycles. The quantitative estimate of drug-likeness (QED) is 0.809. The van der Waals surface area contributed by atoms with Crippen LogP contribution in [0.4, 0.5) is 13.2 Å². The number of methoxy groups -OCH3 is 1. The lowest BCUT2D eigenvalue weighted by Gasteiger charge is -2.20. The normalized spacial score (nSPS) is 14.4. The summed E-state index contributed by atoms with van der Waals surface area (Å²) in [6.07, 6.45) is -8.54. The van der Waals surface area contributed by atoms with Crippen molar-refractivity contribution in [2.24, 2.45) is 0 Å². The first kappa shape index (κ1) is 17.3. The molecular weight excluding hydrogens is 293 g/mol. The van der Waals surface area contributed by atoms with Gasteiger partial charge < -0.3 is 19.7 Å². The smallest absolute Gasteiger partial charge is 0.416 e. The lowest BCUT2D eigenvalue weighted by atomic mass is 10.0. The van der Waals surface area contributed by atoms with Crippen LogP contribution in [0.3, 0.4) is 0 Å². The van der Waals surface area contributed by atoms with Gasteiger partial charge in [0, 0.05) is 5.56 Å². The van der Waals surface area contributed by atoms with Gasteiger partial charge in [0.15, 0.2) is 6.10 Å². The van der Waals surface area contributed by atoms with E-state index in [1.165, 1.54) is 14.0 Å². The number of benzene rings is 1. The summed E-state index contributed by atoms with van der Waals surface area (Å²) in [5, 5.41) is 19.5. The minimum Gasteiger partial charge on any atom is -0.496 e. The van der Waals surface area contributed by atoms with Crippen LogP contribution in [0.2, 0.25) is 0 Å². The Kier molecular flexibility index (Phi) is 5.56. The van der Waals surface area contributed by atoms with Gasteiger partial charge in [-0.1, -0.05) is 0 Å². The number of ether oxygens (including phenoxy) is 2. The van der Waals surface area contributed by atoms with Crippen LogP contribution in [0.15, 0.2) is 18.2 Å². The second-order valence-electron chi connectivity index (χ2n) is 4.10. The van der Waals surface area contributed by atoms with Crippen LogP contribution in [0.5, 0.6) is 5.75 Å². The molecule has 0 aliphatic rings. The van der Waals surface area contributed by atoms with Crippen LogP contribution in [0.25, 0.3) is 0 Å². The number of hydrogen-bond acceptors (Lipinski definition) is 5. The van der Waals surface area contributed by atoms with Gasteiger partial charge in [-0.15, -0.1) is 0 Å². The standard InChI is InChI=1S/C13H15F3O5/c1-3-21-12(19)11(18)10(17)8-6-7(13(14,15)16)4-5-9(8)20-2/h4-6,10-11,17-18H,3H2,1-2H3. The fourth-order valence-corrected chi connectivity index (χ4v) is 1.67. The average molecular weight is 308 g/mol. The first-order valence-electron chi connectivity index (χ1n) is 6.00. The molecule has 1 rings (SSSR count). The average Bonchev–Trinajstić information content (AvgIpc) is 2.44. The maximum Gasteiger partial charge on any atom is 0.416 e. The highest BCUT2D eigenvalue weighted by molar-refractivity contribution is 5.75. The Hall–Kier alpha value is -1.80. The molecule has 0 saturated heterocycles. The topological polar surface area (TPSA) is 76.0 Å². The number of halogens is 3. The molecule has 0 bridgehead atoms. The van der Waals surface area contributed by atoms with Crippen molar-refractivity contribution in [3.63, 3.8) is 0 Å². The lowest BCUT2D eigenvalue weighted by molar-refractivity contribution is -0.159. The lowest BCUT2D eigenvalue weighted by Crippen LogP contribution is -2.30. The van der Waals surface area contributed by atoms with Crippen molar-refractivity contribution in [1.82, 2.24) is 0 Å². The number of aliphatic hydroxyl groups excluding tert-OH is 2. The molecule has 0 aromatic heterocycles. The molecule has 0 saturated carbocycles. The number of rotatable bonds is 5. The highest BCUT2D eigenvalue weighted by Gasteiger charge is 2.34. The molecule has 5 nitrogen and oxygen atoms in total. The van der Waals surface area contributed by atoms with E-state index in [0.717, 1.165) is 12.1 Å². The van der Waals surface area contributed by atoms with Crippen LogP contribution in [0.1, 0.15) is 24.2 Å². The van der Waals surface area contributed by atoms with Gasteiger partial charge in [-0.25, -0.2) is 4.79 Å². The van der Waals surface area contributed by atoms with Gasteiger partial charge in [-0.3, -0.25) is 0 Å². The molecule has 8 heteroatoms.